The number of amides is 1. The lowest BCUT2D eigenvalue weighted by atomic mass is 10.1. The third-order valence-electron chi connectivity index (χ3n) is 4.24. The maximum absolute atomic E-state index is 12.7. The molecule has 1 aliphatic rings. The van der Waals surface area contributed by atoms with Crippen molar-refractivity contribution in [3.63, 3.8) is 0 Å². The maximum atomic E-state index is 12.7. The van der Waals surface area contributed by atoms with Gasteiger partial charge in [-0.1, -0.05) is 18.2 Å². The molecule has 28 heavy (non-hydrogen) atoms. The van der Waals surface area contributed by atoms with Gasteiger partial charge in [0, 0.05) is 30.9 Å². The molecule has 1 amide bonds. The highest BCUT2D eigenvalue weighted by molar-refractivity contribution is 7.89. The van der Waals surface area contributed by atoms with E-state index in [0.29, 0.717) is 37.6 Å². The van der Waals surface area contributed by atoms with Crippen LogP contribution in [-0.4, -0.2) is 49.9 Å². The number of morpholine rings is 1. The number of nitro groups is 1. The van der Waals surface area contributed by atoms with Crippen LogP contribution in [0.2, 0.25) is 0 Å². The first-order chi connectivity index (χ1) is 13.4. The first kappa shape index (κ1) is 19.9. The molecule has 10 heteroatoms. The van der Waals surface area contributed by atoms with E-state index in [2.05, 4.69) is 5.32 Å². The number of rotatable bonds is 6. The van der Waals surface area contributed by atoms with Gasteiger partial charge in [0.2, 0.25) is 15.9 Å². The molecule has 9 nitrogen and oxygen atoms in total. The van der Waals surface area contributed by atoms with Crippen LogP contribution in [-0.2, 0) is 26.0 Å². The number of hydrogen-bond acceptors (Lipinski definition) is 6. The Morgan fingerprint density at radius 3 is 2.46 bits per heavy atom. The summed E-state index contributed by atoms with van der Waals surface area (Å²) in [6.07, 6.45) is 0.0123. The highest BCUT2D eigenvalue weighted by Gasteiger charge is 2.26. The van der Waals surface area contributed by atoms with Gasteiger partial charge in [0.1, 0.15) is 0 Å². The van der Waals surface area contributed by atoms with Crippen molar-refractivity contribution < 1.29 is 22.9 Å². The zero-order valence-corrected chi connectivity index (χ0v) is 15.7. The van der Waals surface area contributed by atoms with E-state index in [-0.39, 0.29) is 22.9 Å². The van der Waals surface area contributed by atoms with Crippen LogP contribution in [0.25, 0.3) is 0 Å². The van der Waals surface area contributed by atoms with E-state index >= 15 is 0 Å². The van der Waals surface area contributed by atoms with Gasteiger partial charge in [-0.05, 0) is 23.8 Å². The topological polar surface area (TPSA) is 119 Å². The van der Waals surface area contributed by atoms with E-state index in [9.17, 15) is 23.3 Å². The summed E-state index contributed by atoms with van der Waals surface area (Å²) in [7, 11) is -3.65. The zero-order valence-electron chi connectivity index (χ0n) is 14.9. The van der Waals surface area contributed by atoms with Gasteiger partial charge in [-0.2, -0.15) is 4.31 Å². The van der Waals surface area contributed by atoms with Crippen molar-refractivity contribution in [1.29, 1.82) is 0 Å². The van der Waals surface area contributed by atoms with Crippen LogP contribution >= 0.6 is 0 Å². The highest BCUT2D eigenvalue weighted by Crippen LogP contribution is 2.21. The van der Waals surface area contributed by atoms with Crippen molar-refractivity contribution in [2.75, 3.05) is 31.6 Å². The highest BCUT2D eigenvalue weighted by atomic mass is 32.2. The molecule has 0 aromatic heterocycles. The van der Waals surface area contributed by atoms with Gasteiger partial charge in [-0.15, -0.1) is 0 Å². The summed E-state index contributed by atoms with van der Waals surface area (Å²) in [6, 6.07) is 11.8. The molecular formula is C18H19N3O6S. The van der Waals surface area contributed by atoms with Crippen molar-refractivity contribution >= 4 is 27.3 Å². The van der Waals surface area contributed by atoms with Gasteiger partial charge in [-0.3, -0.25) is 14.9 Å². The molecule has 0 saturated carbocycles. The first-order valence-corrected chi connectivity index (χ1v) is 10.0. The summed E-state index contributed by atoms with van der Waals surface area (Å²) >= 11 is 0. The predicted octanol–water partition coefficient (Wildman–Crippen LogP) is 1.80. The monoisotopic (exact) mass is 405 g/mol. The standard InChI is InChI=1S/C18H19N3O6S/c22-18(12-14-4-6-16(7-5-14)21(23)24)19-15-2-1-3-17(13-15)28(25,26)20-8-10-27-11-9-20/h1-7,13H,8-12H2,(H,19,22). The molecule has 1 heterocycles. The molecule has 148 valence electrons. The van der Waals surface area contributed by atoms with Gasteiger partial charge in [-0.25, -0.2) is 8.42 Å². The van der Waals surface area contributed by atoms with E-state index in [1.807, 2.05) is 0 Å². The molecule has 1 N–H and O–H groups in total. The van der Waals surface area contributed by atoms with Crippen LogP contribution in [0.15, 0.2) is 53.4 Å². The van der Waals surface area contributed by atoms with Crippen LogP contribution in [0.3, 0.4) is 0 Å². The summed E-state index contributed by atoms with van der Waals surface area (Å²) in [5.41, 5.74) is 0.923. The molecule has 1 saturated heterocycles. The van der Waals surface area contributed by atoms with Gasteiger partial charge in [0.05, 0.1) is 29.5 Å². The average molecular weight is 405 g/mol. The van der Waals surface area contributed by atoms with E-state index < -0.39 is 14.9 Å². The second-order valence-electron chi connectivity index (χ2n) is 6.19. The van der Waals surface area contributed by atoms with Crippen LogP contribution < -0.4 is 5.32 Å². The van der Waals surface area contributed by atoms with E-state index in [1.165, 1.54) is 40.7 Å². The lowest BCUT2D eigenvalue weighted by Gasteiger charge is -2.26. The number of nitro benzene ring substituents is 1. The zero-order chi connectivity index (χ0) is 20.1. The van der Waals surface area contributed by atoms with Crippen molar-refractivity contribution in [2.45, 2.75) is 11.3 Å². The minimum Gasteiger partial charge on any atom is -0.379 e. The Balaban J connectivity index is 1.68. The Morgan fingerprint density at radius 2 is 1.82 bits per heavy atom. The third kappa shape index (κ3) is 4.71. The molecule has 1 aliphatic heterocycles. The number of nitrogens with one attached hydrogen (secondary N) is 1. The lowest BCUT2D eigenvalue weighted by molar-refractivity contribution is -0.384. The molecule has 0 spiro atoms. The lowest BCUT2D eigenvalue weighted by Crippen LogP contribution is -2.40. The number of hydrogen-bond donors (Lipinski definition) is 1. The van der Waals surface area contributed by atoms with Crippen molar-refractivity contribution in [3.8, 4) is 0 Å². The summed E-state index contributed by atoms with van der Waals surface area (Å²) in [6.45, 7) is 1.29. The number of carbonyl (C=O) groups is 1. The predicted molar refractivity (Wildman–Crippen MR) is 101 cm³/mol. The van der Waals surface area contributed by atoms with E-state index in [0.717, 1.165) is 0 Å². The fourth-order valence-electron chi connectivity index (χ4n) is 2.80. The van der Waals surface area contributed by atoms with Gasteiger partial charge in [0.15, 0.2) is 0 Å². The van der Waals surface area contributed by atoms with E-state index in [1.54, 1.807) is 12.1 Å². The van der Waals surface area contributed by atoms with Crippen LogP contribution in [0.5, 0.6) is 0 Å². The normalized spacial score (nSPS) is 15.1. The number of anilines is 1. The Morgan fingerprint density at radius 1 is 1.14 bits per heavy atom. The number of carbonyl (C=O) groups excluding carboxylic acids is 1. The SMILES string of the molecule is O=C(Cc1ccc([N+](=O)[O-])cc1)Nc1cccc(S(=O)(=O)N2CCOCC2)c1. The number of ether oxygens (including phenoxy) is 1. The van der Waals surface area contributed by atoms with Crippen LogP contribution in [0.4, 0.5) is 11.4 Å². The molecule has 0 unspecified atom stereocenters. The largest absolute Gasteiger partial charge is 0.379 e. The third-order valence-corrected chi connectivity index (χ3v) is 6.13. The molecule has 0 radical (unpaired) electrons. The molecule has 2 aromatic rings. The fourth-order valence-corrected chi connectivity index (χ4v) is 4.25. The summed E-state index contributed by atoms with van der Waals surface area (Å²) < 4.78 is 32.0. The summed E-state index contributed by atoms with van der Waals surface area (Å²) in [4.78, 5) is 22.5. The maximum Gasteiger partial charge on any atom is 0.269 e. The summed E-state index contributed by atoms with van der Waals surface area (Å²) in [5.74, 6) is -0.352. The number of sulfonamides is 1. The quantitative estimate of drug-likeness (QED) is 0.578. The fraction of sp³-hybridized carbons (Fsp3) is 0.278. The molecule has 0 aliphatic carbocycles. The van der Waals surface area contributed by atoms with Gasteiger partial charge < -0.3 is 10.1 Å². The molecule has 2 aromatic carbocycles. The smallest absolute Gasteiger partial charge is 0.269 e. The van der Waals surface area contributed by atoms with Gasteiger partial charge in [0.25, 0.3) is 5.69 Å². The number of non-ortho nitro benzene ring substituents is 1. The summed E-state index contributed by atoms with van der Waals surface area (Å²) in [5, 5.41) is 13.3. The Bertz CT molecular complexity index is 969. The molecule has 0 atom stereocenters. The van der Waals surface area contributed by atoms with Crippen molar-refractivity contribution in [3.05, 3.63) is 64.2 Å². The van der Waals surface area contributed by atoms with Crippen molar-refractivity contribution in [2.24, 2.45) is 0 Å². The second kappa shape index (κ2) is 8.46. The minimum atomic E-state index is -3.65. The Kier molecular flexibility index (Phi) is 6.02. The Labute approximate surface area is 162 Å². The van der Waals surface area contributed by atoms with E-state index in [4.69, 9.17) is 4.74 Å². The second-order valence-corrected chi connectivity index (χ2v) is 8.13. The molecule has 3 rings (SSSR count). The van der Waals surface area contributed by atoms with Gasteiger partial charge >= 0.3 is 0 Å². The number of benzene rings is 2. The molecule has 1 fully saturated rings. The molecule has 0 bridgehead atoms. The van der Waals surface area contributed by atoms with Crippen LogP contribution in [0.1, 0.15) is 5.56 Å². The first-order valence-electron chi connectivity index (χ1n) is 8.57. The molecular weight excluding hydrogens is 386 g/mol. The minimum absolute atomic E-state index is 0.0123. The number of nitrogens with zero attached hydrogens (tertiary/aromatic N) is 2. The average Bonchev–Trinajstić information content (AvgIpc) is 2.69. The Hall–Kier alpha value is -2.82. The van der Waals surface area contributed by atoms with Crippen LogP contribution in [0, 0.1) is 10.1 Å². The van der Waals surface area contributed by atoms with Crippen molar-refractivity contribution in [1.82, 2.24) is 4.31 Å².